The molecule has 5 nitrogen and oxygen atoms in total. The number of H-pyrrole nitrogens is 1. The van der Waals surface area contributed by atoms with Gasteiger partial charge in [-0.05, 0) is 12.1 Å². The molecule has 8 heteroatoms. The molecule has 2 N–H and O–H groups in total. The van der Waals surface area contributed by atoms with Crippen molar-refractivity contribution in [3.05, 3.63) is 42.2 Å². The SMILES string of the molecule is O=S(=O)(Nc1ncc[nH]1)c1ccc(F)cc1F. The summed E-state index contributed by atoms with van der Waals surface area (Å²) in [5.74, 6) is -2.06. The zero-order valence-electron chi connectivity index (χ0n) is 8.31. The van der Waals surface area contributed by atoms with Gasteiger partial charge in [-0.2, -0.15) is 0 Å². The van der Waals surface area contributed by atoms with Crippen molar-refractivity contribution in [3.8, 4) is 0 Å². The summed E-state index contributed by atoms with van der Waals surface area (Å²) in [4.78, 5) is 5.48. The molecule has 1 aromatic carbocycles. The second kappa shape index (κ2) is 4.13. The molecule has 90 valence electrons. The molecule has 0 fully saturated rings. The molecule has 2 rings (SSSR count). The number of nitrogens with one attached hydrogen (secondary N) is 2. The number of imidazole rings is 1. The number of hydrogen-bond acceptors (Lipinski definition) is 3. The van der Waals surface area contributed by atoms with E-state index >= 15 is 0 Å². The van der Waals surface area contributed by atoms with Crippen molar-refractivity contribution in [2.45, 2.75) is 4.90 Å². The molecule has 0 saturated carbocycles. The van der Waals surface area contributed by atoms with E-state index < -0.39 is 26.6 Å². The summed E-state index contributed by atoms with van der Waals surface area (Å²) < 4.78 is 51.3. The fraction of sp³-hybridized carbons (Fsp3) is 0. The van der Waals surface area contributed by atoms with Gasteiger partial charge in [0.2, 0.25) is 5.95 Å². The smallest absolute Gasteiger partial charge is 0.267 e. The average Bonchev–Trinajstić information content (AvgIpc) is 2.68. The minimum absolute atomic E-state index is 0.0475. The van der Waals surface area contributed by atoms with Gasteiger partial charge in [-0.1, -0.05) is 0 Å². The number of nitrogens with zero attached hydrogens (tertiary/aromatic N) is 1. The molecule has 0 saturated heterocycles. The zero-order chi connectivity index (χ0) is 12.5. The van der Waals surface area contributed by atoms with E-state index in [2.05, 4.69) is 9.97 Å². The van der Waals surface area contributed by atoms with Gasteiger partial charge in [-0.25, -0.2) is 26.9 Å². The highest BCUT2D eigenvalue weighted by Gasteiger charge is 2.20. The number of hydrogen-bond donors (Lipinski definition) is 2. The van der Waals surface area contributed by atoms with Gasteiger partial charge in [-0.15, -0.1) is 0 Å². The predicted molar refractivity (Wildman–Crippen MR) is 55.8 cm³/mol. The third-order valence-corrected chi connectivity index (χ3v) is 3.28. The number of anilines is 1. The molecule has 0 aliphatic rings. The zero-order valence-corrected chi connectivity index (χ0v) is 9.13. The van der Waals surface area contributed by atoms with Gasteiger partial charge in [0.15, 0.2) is 0 Å². The van der Waals surface area contributed by atoms with Crippen LogP contribution in [-0.4, -0.2) is 18.4 Å². The molecular formula is C9H7F2N3O2S. The monoisotopic (exact) mass is 259 g/mol. The van der Waals surface area contributed by atoms with Crippen LogP contribution in [0.2, 0.25) is 0 Å². The van der Waals surface area contributed by atoms with E-state index in [-0.39, 0.29) is 5.95 Å². The van der Waals surface area contributed by atoms with Crippen LogP contribution in [0.1, 0.15) is 0 Å². The van der Waals surface area contributed by atoms with Crippen LogP contribution in [0.3, 0.4) is 0 Å². The van der Waals surface area contributed by atoms with Crippen LogP contribution in [0.5, 0.6) is 0 Å². The van der Waals surface area contributed by atoms with E-state index in [1.54, 1.807) is 0 Å². The van der Waals surface area contributed by atoms with Gasteiger partial charge in [0.1, 0.15) is 16.5 Å². The first kappa shape index (κ1) is 11.5. The highest BCUT2D eigenvalue weighted by Crippen LogP contribution is 2.17. The normalized spacial score (nSPS) is 11.4. The molecule has 0 aliphatic carbocycles. The predicted octanol–water partition coefficient (Wildman–Crippen LogP) is 1.49. The van der Waals surface area contributed by atoms with Gasteiger partial charge < -0.3 is 4.98 Å². The highest BCUT2D eigenvalue weighted by molar-refractivity contribution is 7.92. The Bertz CT molecular complexity index is 626. The lowest BCUT2D eigenvalue weighted by Gasteiger charge is -2.06. The van der Waals surface area contributed by atoms with E-state index in [0.717, 1.165) is 12.1 Å². The highest BCUT2D eigenvalue weighted by atomic mass is 32.2. The Kier molecular flexibility index (Phi) is 2.80. The van der Waals surface area contributed by atoms with Crippen molar-refractivity contribution >= 4 is 16.0 Å². The Hall–Kier alpha value is -1.96. The minimum Gasteiger partial charge on any atom is -0.330 e. The minimum atomic E-state index is -4.12. The number of aromatic nitrogens is 2. The first-order valence-corrected chi connectivity index (χ1v) is 5.94. The lowest BCUT2D eigenvalue weighted by Crippen LogP contribution is -2.15. The lowest BCUT2D eigenvalue weighted by atomic mass is 10.3. The molecule has 0 bridgehead atoms. The Balaban J connectivity index is 2.38. The molecule has 17 heavy (non-hydrogen) atoms. The summed E-state index contributed by atoms with van der Waals surface area (Å²) >= 11 is 0. The maximum absolute atomic E-state index is 13.3. The first-order valence-electron chi connectivity index (χ1n) is 4.46. The van der Waals surface area contributed by atoms with Gasteiger partial charge in [-0.3, -0.25) is 0 Å². The van der Waals surface area contributed by atoms with E-state index in [9.17, 15) is 17.2 Å². The molecular weight excluding hydrogens is 252 g/mol. The standard InChI is InChI=1S/C9H7F2N3O2S/c10-6-1-2-8(7(11)5-6)17(15,16)14-9-12-3-4-13-9/h1-5H,(H2,12,13,14). The number of aromatic amines is 1. The van der Waals surface area contributed by atoms with Crippen LogP contribution in [0.4, 0.5) is 14.7 Å². The first-order chi connectivity index (χ1) is 7.99. The summed E-state index contributed by atoms with van der Waals surface area (Å²) in [6.45, 7) is 0. The van der Waals surface area contributed by atoms with Gasteiger partial charge in [0.25, 0.3) is 10.0 Å². The number of rotatable bonds is 3. The van der Waals surface area contributed by atoms with E-state index in [0.29, 0.717) is 6.07 Å². The van der Waals surface area contributed by atoms with Crippen molar-refractivity contribution < 1.29 is 17.2 Å². The Morgan fingerprint density at radius 3 is 2.65 bits per heavy atom. The molecule has 0 atom stereocenters. The van der Waals surface area contributed by atoms with Crippen LogP contribution >= 0.6 is 0 Å². The van der Waals surface area contributed by atoms with Crippen molar-refractivity contribution in [2.24, 2.45) is 0 Å². The summed E-state index contributed by atoms with van der Waals surface area (Å²) in [5.41, 5.74) is 0. The number of sulfonamides is 1. The second-order valence-corrected chi connectivity index (χ2v) is 4.77. The summed E-state index contributed by atoms with van der Waals surface area (Å²) in [6.07, 6.45) is 2.73. The van der Waals surface area contributed by atoms with Crippen LogP contribution in [0.25, 0.3) is 0 Å². The van der Waals surface area contributed by atoms with E-state index in [1.807, 2.05) is 4.72 Å². The van der Waals surface area contributed by atoms with E-state index in [1.165, 1.54) is 12.4 Å². The summed E-state index contributed by atoms with van der Waals surface area (Å²) in [7, 11) is -4.12. The molecule has 0 radical (unpaired) electrons. The largest absolute Gasteiger partial charge is 0.330 e. The van der Waals surface area contributed by atoms with Crippen LogP contribution < -0.4 is 4.72 Å². The third-order valence-electron chi connectivity index (χ3n) is 1.91. The molecule has 0 amide bonds. The number of benzene rings is 1. The third kappa shape index (κ3) is 2.41. The van der Waals surface area contributed by atoms with Crippen molar-refractivity contribution in [2.75, 3.05) is 4.72 Å². The Labute approximate surface area is 95.6 Å². The lowest BCUT2D eigenvalue weighted by molar-refractivity contribution is 0.551. The van der Waals surface area contributed by atoms with Gasteiger partial charge in [0.05, 0.1) is 0 Å². The fourth-order valence-corrected chi connectivity index (χ4v) is 2.24. The van der Waals surface area contributed by atoms with E-state index in [4.69, 9.17) is 0 Å². The molecule has 2 aromatic rings. The number of halogens is 2. The molecule has 0 unspecified atom stereocenters. The fourth-order valence-electron chi connectivity index (χ4n) is 1.20. The van der Waals surface area contributed by atoms with Crippen LogP contribution in [0.15, 0.2) is 35.5 Å². The van der Waals surface area contributed by atoms with Crippen LogP contribution in [0, 0.1) is 11.6 Å². The molecule has 0 spiro atoms. The Morgan fingerprint density at radius 2 is 2.06 bits per heavy atom. The van der Waals surface area contributed by atoms with Crippen molar-refractivity contribution in [1.82, 2.24) is 9.97 Å². The quantitative estimate of drug-likeness (QED) is 0.876. The maximum Gasteiger partial charge on any atom is 0.267 e. The average molecular weight is 259 g/mol. The Morgan fingerprint density at radius 1 is 1.29 bits per heavy atom. The van der Waals surface area contributed by atoms with Gasteiger partial charge in [0, 0.05) is 18.5 Å². The molecule has 1 aromatic heterocycles. The molecule has 0 aliphatic heterocycles. The summed E-state index contributed by atoms with van der Waals surface area (Å²) in [5, 5.41) is 0. The topological polar surface area (TPSA) is 74.8 Å². The van der Waals surface area contributed by atoms with Gasteiger partial charge >= 0.3 is 0 Å². The second-order valence-electron chi connectivity index (χ2n) is 3.12. The maximum atomic E-state index is 13.3. The van der Waals surface area contributed by atoms with Crippen LogP contribution in [-0.2, 0) is 10.0 Å². The van der Waals surface area contributed by atoms with Crippen molar-refractivity contribution in [3.63, 3.8) is 0 Å². The summed E-state index contributed by atoms with van der Waals surface area (Å²) in [6, 6.07) is 2.20. The van der Waals surface area contributed by atoms with Crippen molar-refractivity contribution in [1.29, 1.82) is 0 Å². The molecule has 1 heterocycles.